The van der Waals surface area contributed by atoms with Gasteiger partial charge in [-0.05, 0) is 24.7 Å². The van der Waals surface area contributed by atoms with Crippen LogP contribution in [0.4, 0.5) is 4.39 Å². The Morgan fingerprint density at radius 1 is 1.41 bits per heavy atom. The van der Waals surface area contributed by atoms with Crippen molar-refractivity contribution in [2.24, 2.45) is 0 Å². The summed E-state index contributed by atoms with van der Waals surface area (Å²) in [7, 11) is 1.72. The molecule has 1 aliphatic rings. The predicted molar refractivity (Wildman–Crippen MR) is 94.7 cm³/mol. The number of rotatable bonds is 5. The molecule has 0 aliphatic carbocycles. The molecule has 0 saturated carbocycles. The molecule has 27 heavy (non-hydrogen) atoms. The minimum atomic E-state index is -0.591. The van der Waals surface area contributed by atoms with E-state index in [4.69, 9.17) is 4.74 Å². The second-order valence-corrected chi connectivity index (χ2v) is 6.22. The molecule has 1 aromatic heterocycles. The van der Waals surface area contributed by atoms with E-state index < -0.39 is 17.2 Å². The molecule has 0 bridgehead atoms. The van der Waals surface area contributed by atoms with Crippen LogP contribution in [-0.4, -0.2) is 40.8 Å². The number of hydrogen-bond acceptors (Lipinski definition) is 6. The summed E-state index contributed by atoms with van der Waals surface area (Å²) in [5.74, 6) is -0.864. The SMILES string of the molecule is CNC1COCCn2c1nc(CC(=O)NCc1ccc(F)cc1)c(O)c2=O. The fourth-order valence-electron chi connectivity index (χ4n) is 2.87. The topological polar surface area (TPSA) is 105 Å². The zero-order valence-electron chi connectivity index (χ0n) is 14.9. The van der Waals surface area contributed by atoms with Crippen molar-refractivity contribution >= 4 is 5.91 Å². The lowest BCUT2D eigenvalue weighted by atomic mass is 10.2. The fraction of sp³-hybridized carbons (Fsp3) is 0.389. The number of benzene rings is 1. The number of nitrogens with one attached hydrogen (secondary N) is 2. The van der Waals surface area contributed by atoms with Crippen molar-refractivity contribution in [3.05, 3.63) is 57.5 Å². The Bertz CT molecular complexity index is 882. The van der Waals surface area contributed by atoms with Crippen LogP contribution in [0.3, 0.4) is 0 Å². The van der Waals surface area contributed by atoms with E-state index in [1.807, 2.05) is 0 Å². The largest absolute Gasteiger partial charge is 0.502 e. The summed E-state index contributed by atoms with van der Waals surface area (Å²) in [5, 5.41) is 15.9. The van der Waals surface area contributed by atoms with Crippen LogP contribution in [-0.2, 0) is 29.0 Å². The molecule has 144 valence electrons. The summed E-state index contributed by atoms with van der Waals surface area (Å²) in [6.07, 6.45) is -0.243. The van der Waals surface area contributed by atoms with Crippen molar-refractivity contribution in [3.8, 4) is 5.75 Å². The summed E-state index contributed by atoms with van der Waals surface area (Å²) in [6.45, 7) is 1.16. The van der Waals surface area contributed by atoms with Gasteiger partial charge in [0.15, 0.2) is 0 Å². The molecule has 0 fully saturated rings. The molecule has 0 spiro atoms. The van der Waals surface area contributed by atoms with Gasteiger partial charge in [0.05, 0.1) is 37.9 Å². The second kappa shape index (κ2) is 8.28. The Morgan fingerprint density at radius 3 is 2.85 bits per heavy atom. The third kappa shape index (κ3) is 4.32. The van der Waals surface area contributed by atoms with E-state index >= 15 is 0 Å². The van der Waals surface area contributed by atoms with Crippen molar-refractivity contribution < 1.29 is 19.0 Å². The third-order valence-corrected chi connectivity index (χ3v) is 4.38. The molecule has 0 saturated heterocycles. The van der Waals surface area contributed by atoms with Crippen molar-refractivity contribution in [2.75, 3.05) is 20.3 Å². The normalized spacial score (nSPS) is 16.4. The molecule has 8 nitrogen and oxygen atoms in total. The standard InChI is InChI=1S/C18H21FN4O4/c1-20-14-10-27-7-6-23-17(14)22-13(16(25)18(23)26)8-15(24)21-9-11-2-4-12(19)5-3-11/h2-5,14,20,25H,6-10H2,1H3,(H,21,24). The van der Waals surface area contributed by atoms with Crippen molar-refractivity contribution in [3.63, 3.8) is 0 Å². The Morgan fingerprint density at radius 2 is 2.15 bits per heavy atom. The van der Waals surface area contributed by atoms with E-state index in [2.05, 4.69) is 15.6 Å². The Labute approximate surface area is 155 Å². The molecule has 3 rings (SSSR count). The number of fused-ring (bicyclic) bond motifs is 1. The number of nitrogens with zero attached hydrogens (tertiary/aromatic N) is 2. The summed E-state index contributed by atoms with van der Waals surface area (Å²) >= 11 is 0. The Balaban J connectivity index is 1.77. The first-order valence-corrected chi connectivity index (χ1v) is 8.58. The molecular weight excluding hydrogens is 355 g/mol. The van der Waals surface area contributed by atoms with E-state index in [0.29, 0.717) is 19.0 Å². The number of ether oxygens (including phenoxy) is 1. The summed E-state index contributed by atoms with van der Waals surface area (Å²) in [6, 6.07) is 5.43. The molecule has 3 N–H and O–H groups in total. The molecule has 9 heteroatoms. The van der Waals surface area contributed by atoms with Crippen LogP contribution < -0.4 is 16.2 Å². The lowest BCUT2D eigenvalue weighted by Crippen LogP contribution is -2.33. The first-order chi connectivity index (χ1) is 13.0. The van der Waals surface area contributed by atoms with Crippen LogP contribution in [0.2, 0.25) is 0 Å². The molecule has 0 radical (unpaired) electrons. The average Bonchev–Trinajstić information content (AvgIpc) is 2.87. The van der Waals surface area contributed by atoms with Crippen LogP contribution in [0.15, 0.2) is 29.1 Å². The highest BCUT2D eigenvalue weighted by Gasteiger charge is 2.25. The second-order valence-electron chi connectivity index (χ2n) is 6.22. The maximum Gasteiger partial charge on any atom is 0.296 e. The molecule has 1 atom stereocenters. The third-order valence-electron chi connectivity index (χ3n) is 4.38. The van der Waals surface area contributed by atoms with E-state index in [9.17, 15) is 19.1 Å². The maximum absolute atomic E-state index is 12.9. The van der Waals surface area contributed by atoms with E-state index in [1.54, 1.807) is 19.2 Å². The highest BCUT2D eigenvalue weighted by atomic mass is 19.1. The summed E-state index contributed by atoms with van der Waals surface area (Å²) in [5.41, 5.74) is 0.161. The maximum atomic E-state index is 12.9. The number of aromatic nitrogens is 2. The molecule has 1 aliphatic heterocycles. The highest BCUT2D eigenvalue weighted by Crippen LogP contribution is 2.18. The van der Waals surface area contributed by atoms with Crippen LogP contribution >= 0.6 is 0 Å². The smallest absolute Gasteiger partial charge is 0.296 e. The van der Waals surface area contributed by atoms with Gasteiger partial charge < -0.3 is 20.5 Å². The number of halogens is 1. The molecule has 2 heterocycles. The average molecular weight is 376 g/mol. The quantitative estimate of drug-likeness (QED) is 0.690. The Hall–Kier alpha value is -2.78. The minimum absolute atomic E-state index is 0.0185. The van der Waals surface area contributed by atoms with Crippen molar-refractivity contribution in [1.82, 2.24) is 20.2 Å². The van der Waals surface area contributed by atoms with E-state index in [-0.39, 0.29) is 37.1 Å². The highest BCUT2D eigenvalue weighted by molar-refractivity contribution is 5.78. The van der Waals surface area contributed by atoms with Crippen LogP contribution in [0.25, 0.3) is 0 Å². The molecule has 1 amide bonds. The first kappa shape index (κ1) is 19.0. The first-order valence-electron chi connectivity index (χ1n) is 8.58. The summed E-state index contributed by atoms with van der Waals surface area (Å²) < 4.78 is 19.7. The van der Waals surface area contributed by atoms with Gasteiger partial charge in [-0.15, -0.1) is 0 Å². The van der Waals surface area contributed by atoms with Gasteiger partial charge in [-0.25, -0.2) is 9.37 Å². The fourth-order valence-corrected chi connectivity index (χ4v) is 2.87. The zero-order chi connectivity index (χ0) is 19.4. The van der Waals surface area contributed by atoms with Gasteiger partial charge in [-0.1, -0.05) is 12.1 Å². The number of carbonyl (C=O) groups is 1. The van der Waals surface area contributed by atoms with Crippen LogP contribution in [0.1, 0.15) is 23.1 Å². The van der Waals surface area contributed by atoms with Gasteiger partial charge >= 0.3 is 0 Å². The Kier molecular flexibility index (Phi) is 5.82. The van der Waals surface area contributed by atoms with Crippen LogP contribution in [0, 0.1) is 5.82 Å². The lowest BCUT2D eigenvalue weighted by molar-refractivity contribution is -0.120. The van der Waals surface area contributed by atoms with Gasteiger partial charge in [0.25, 0.3) is 5.56 Å². The zero-order valence-corrected chi connectivity index (χ0v) is 14.9. The summed E-state index contributed by atoms with van der Waals surface area (Å²) in [4.78, 5) is 29.0. The van der Waals surface area contributed by atoms with Gasteiger partial charge in [0, 0.05) is 6.54 Å². The predicted octanol–water partition coefficient (Wildman–Crippen LogP) is 0.238. The van der Waals surface area contributed by atoms with Crippen molar-refractivity contribution in [1.29, 1.82) is 0 Å². The number of aromatic hydroxyl groups is 1. The van der Waals surface area contributed by atoms with Crippen molar-refractivity contribution in [2.45, 2.75) is 25.6 Å². The number of carbonyl (C=O) groups excluding carboxylic acids is 1. The van der Waals surface area contributed by atoms with E-state index in [0.717, 1.165) is 5.56 Å². The lowest BCUT2D eigenvalue weighted by Gasteiger charge is -2.17. The molecule has 1 aromatic carbocycles. The minimum Gasteiger partial charge on any atom is -0.502 e. The van der Waals surface area contributed by atoms with Gasteiger partial charge in [-0.2, -0.15) is 0 Å². The van der Waals surface area contributed by atoms with Gasteiger partial charge in [0.1, 0.15) is 11.6 Å². The molecule has 1 unspecified atom stereocenters. The number of hydrogen-bond donors (Lipinski definition) is 3. The molecular formula is C18H21FN4O4. The number of amides is 1. The molecule has 2 aromatic rings. The van der Waals surface area contributed by atoms with Gasteiger partial charge in [-0.3, -0.25) is 14.2 Å². The van der Waals surface area contributed by atoms with Crippen LogP contribution in [0.5, 0.6) is 5.75 Å². The van der Waals surface area contributed by atoms with E-state index in [1.165, 1.54) is 16.7 Å². The van der Waals surface area contributed by atoms with Gasteiger partial charge in [0.2, 0.25) is 11.7 Å². The monoisotopic (exact) mass is 376 g/mol. The number of likely N-dealkylation sites (N-methyl/N-ethyl adjacent to an activating group) is 1.